The molecule has 0 saturated heterocycles. The van der Waals surface area contributed by atoms with Crippen LogP contribution < -0.4 is 0 Å². The SMILES string of the molecule is CCCCCC/C=C/CCCCCCCC(=O)O[C@@H](COC(=O)CCCCCCC/C=C/CCCCCCCC)COP(=O)(O)OCCO. The van der Waals surface area contributed by atoms with Crippen LogP contribution in [-0.2, 0) is 32.7 Å². The minimum Gasteiger partial charge on any atom is -0.462 e. The molecule has 9 nitrogen and oxygen atoms in total. The highest BCUT2D eigenvalue weighted by molar-refractivity contribution is 7.47. The number of allylic oxidation sites excluding steroid dienone is 4. The summed E-state index contributed by atoms with van der Waals surface area (Å²) in [5, 5.41) is 8.85. The summed E-state index contributed by atoms with van der Waals surface area (Å²) in [5.74, 6) is -0.884. The maximum Gasteiger partial charge on any atom is 0.472 e. The minimum atomic E-state index is -4.45. The van der Waals surface area contributed by atoms with Crippen molar-refractivity contribution in [2.75, 3.05) is 26.4 Å². The van der Waals surface area contributed by atoms with E-state index in [1.807, 2.05) is 0 Å². The fraction of sp³-hybridized carbons (Fsp3) is 0.846. The van der Waals surface area contributed by atoms with Gasteiger partial charge < -0.3 is 19.5 Å². The molecule has 0 saturated carbocycles. The van der Waals surface area contributed by atoms with Gasteiger partial charge in [0, 0.05) is 12.8 Å². The molecule has 0 rings (SSSR count). The molecule has 0 aliphatic rings. The highest BCUT2D eigenvalue weighted by Gasteiger charge is 2.26. The van der Waals surface area contributed by atoms with E-state index in [9.17, 15) is 19.0 Å². The summed E-state index contributed by atoms with van der Waals surface area (Å²) in [6.45, 7) is 2.89. The van der Waals surface area contributed by atoms with Crippen LogP contribution in [0, 0.1) is 0 Å². The van der Waals surface area contributed by atoms with Gasteiger partial charge in [0.15, 0.2) is 6.10 Å². The Kier molecular flexibility index (Phi) is 35.2. The number of aliphatic hydroxyl groups is 1. The van der Waals surface area contributed by atoms with Gasteiger partial charge in [-0.15, -0.1) is 0 Å². The van der Waals surface area contributed by atoms with E-state index < -0.39 is 39.1 Å². The van der Waals surface area contributed by atoms with E-state index in [2.05, 4.69) is 42.7 Å². The quantitative estimate of drug-likeness (QED) is 0.0279. The Labute approximate surface area is 299 Å². The summed E-state index contributed by atoms with van der Waals surface area (Å²) < 4.78 is 32.4. The van der Waals surface area contributed by atoms with Crippen molar-refractivity contribution in [1.82, 2.24) is 0 Å². The van der Waals surface area contributed by atoms with Crippen molar-refractivity contribution in [1.29, 1.82) is 0 Å². The molecule has 0 radical (unpaired) electrons. The Balaban J connectivity index is 4.22. The molecule has 0 aliphatic heterocycles. The molecule has 2 atom stereocenters. The van der Waals surface area contributed by atoms with Crippen LogP contribution >= 0.6 is 7.82 Å². The highest BCUT2D eigenvalue weighted by atomic mass is 31.2. The molecule has 0 aromatic heterocycles. The first-order valence-electron chi connectivity index (χ1n) is 19.7. The minimum absolute atomic E-state index is 0.203. The van der Waals surface area contributed by atoms with Crippen LogP contribution in [0.3, 0.4) is 0 Å². The summed E-state index contributed by atoms with van der Waals surface area (Å²) in [7, 11) is -4.45. The Morgan fingerprint density at radius 3 is 1.45 bits per heavy atom. The second-order valence-corrected chi connectivity index (χ2v) is 14.5. The number of carbonyl (C=O) groups is 2. The monoisotopic (exact) mass is 716 g/mol. The molecule has 0 aliphatic carbocycles. The summed E-state index contributed by atoms with van der Waals surface area (Å²) in [6, 6.07) is 0. The van der Waals surface area contributed by atoms with Crippen LogP contribution in [0.1, 0.15) is 181 Å². The van der Waals surface area contributed by atoms with E-state index in [-0.39, 0.29) is 26.1 Å². The lowest BCUT2D eigenvalue weighted by Gasteiger charge is -2.19. The van der Waals surface area contributed by atoms with Crippen molar-refractivity contribution in [3.05, 3.63) is 24.3 Å². The van der Waals surface area contributed by atoms with Gasteiger partial charge in [-0.25, -0.2) is 4.57 Å². The van der Waals surface area contributed by atoms with Gasteiger partial charge in [0.25, 0.3) is 0 Å². The smallest absolute Gasteiger partial charge is 0.462 e. The lowest BCUT2D eigenvalue weighted by atomic mass is 10.1. The first-order chi connectivity index (χ1) is 23.8. The molecule has 0 aromatic carbocycles. The number of phosphoric acid groups is 1. The van der Waals surface area contributed by atoms with Gasteiger partial charge in [-0.1, -0.05) is 128 Å². The number of rotatable bonds is 37. The topological polar surface area (TPSA) is 129 Å². The van der Waals surface area contributed by atoms with Crippen molar-refractivity contribution in [3.8, 4) is 0 Å². The van der Waals surface area contributed by atoms with Crippen molar-refractivity contribution in [3.63, 3.8) is 0 Å². The van der Waals surface area contributed by atoms with Crippen LogP contribution in [0.15, 0.2) is 24.3 Å². The van der Waals surface area contributed by atoms with Crippen LogP contribution in [0.4, 0.5) is 0 Å². The molecule has 0 bridgehead atoms. The Hall–Kier alpha value is -1.51. The second kappa shape index (κ2) is 36.3. The number of ether oxygens (including phenoxy) is 2. The zero-order valence-electron chi connectivity index (χ0n) is 31.3. The van der Waals surface area contributed by atoms with E-state index in [0.29, 0.717) is 12.8 Å². The predicted octanol–water partition coefficient (Wildman–Crippen LogP) is 10.9. The molecular weight excluding hydrogens is 643 g/mol. The third-order valence-electron chi connectivity index (χ3n) is 8.28. The number of hydrogen-bond donors (Lipinski definition) is 2. The predicted molar refractivity (Wildman–Crippen MR) is 199 cm³/mol. The molecular formula is C39H73O9P. The molecule has 2 N–H and O–H groups in total. The fourth-order valence-corrected chi connectivity index (χ4v) is 6.06. The highest BCUT2D eigenvalue weighted by Crippen LogP contribution is 2.43. The molecule has 288 valence electrons. The number of hydrogen-bond acceptors (Lipinski definition) is 8. The molecule has 10 heteroatoms. The summed E-state index contributed by atoms with van der Waals surface area (Å²) in [5.41, 5.74) is 0. The Morgan fingerprint density at radius 1 is 0.571 bits per heavy atom. The van der Waals surface area contributed by atoms with Crippen LogP contribution in [0.2, 0.25) is 0 Å². The normalized spacial score (nSPS) is 13.6. The lowest BCUT2D eigenvalue weighted by molar-refractivity contribution is -0.161. The van der Waals surface area contributed by atoms with Crippen LogP contribution in [-0.4, -0.2) is 54.5 Å². The number of aliphatic hydroxyl groups excluding tert-OH is 1. The maximum atomic E-state index is 12.5. The molecule has 49 heavy (non-hydrogen) atoms. The average Bonchev–Trinajstić information content (AvgIpc) is 3.08. The zero-order chi connectivity index (χ0) is 36.1. The van der Waals surface area contributed by atoms with Gasteiger partial charge in [-0.3, -0.25) is 18.6 Å². The molecule has 0 heterocycles. The van der Waals surface area contributed by atoms with Gasteiger partial charge >= 0.3 is 19.8 Å². The second-order valence-electron chi connectivity index (χ2n) is 13.1. The van der Waals surface area contributed by atoms with E-state index in [1.165, 1.54) is 70.6 Å². The van der Waals surface area contributed by atoms with Crippen molar-refractivity contribution >= 4 is 19.8 Å². The van der Waals surface area contributed by atoms with Crippen molar-refractivity contribution in [2.24, 2.45) is 0 Å². The Bertz CT molecular complexity index is 861. The number of carbonyl (C=O) groups excluding carboxylic acids is 2. The first-order valence-corrected chi connectivity index (χ1v) is 21.2. The number of unbranched alkanes of at least 4 members (excludes halogenated alkanes) is 20. The standard InChI is InChI=1S/C39H73O9P/c1-3-5-7-9-11-13-15-17-18-20-21-23-25-27-29-31-38(41)45-35-37(36-47-49(43,44)46-34-33-40)48-39(42)32-30-28-26-24-22-19-16-14-12-10-8-6-4-2/h14,16-18,37,40H,3-13,15,19-36H2,1-2H3,(H,43,44)/b16-14+,18-17+/t37-/m0/s1. The molecule has 0 spiro atoms. The average molecular weight is 717 g/mol. The van der Waals surface area contributed by atoms with E-state index >= 15 is 0 Å². The van der Waals surface area contributed by atoms with Crippen molar-refractivity contribution in [2.45, 2.75) is 187 Å². The van der Waals surface area contributed by atoms with Gasteiger partial charge in [0.05, 0.1) is 19.8 Å². The molecule has 1 unspecified atom stereocenters. The largest absolute Gasteiger partial charge is 0.472 e. The maximum absolute atomic E-state index is 12.5. The zero-order valence-corrected chi connectivity index (χ0v) is 32.2. The van der Waals surface area contributed by atoms with Crippen LogP contribution in [0.25, 0.3) is 0 Å². The third kappa shape index (κ3) is 36.1. The van der Waals surface area contributed by atoms with E-state index in [4.69, 9.17) is 19.1 Å². The van der Waals surface area contributed by atoms with E-state index in [0.717, 1.165) is 70.6 Å². The fourth-order valence-electron chi connectivity index (χ4n) is 5.32. The summed E-state index contributed by atoms with van der Waals surface area (Å²) in [4.78, 5) is 34.6. The number of esters is 2. The number of phosphoric ester groups is 1. The van der Waals surface area contributed by atoms with Gasteiger partial charge in [0.2, 0.25) is 0 Å². The van der Waals surface area contributed by atoms with Gasteiger partial charge in [-0.2, -0.15) is 0 Å². The Morgan fingerprint density at radius 2 is 0.980 bits per heavy atom. The first kappa shape index (κ1) is 47.5. The summed E-state index contributed by atoms with van der Waals surface area (Å²) in [6.07, 6.45) is 36.1. The van der Waals surface area contributed by atoms with E-state index in [1.54, 1.807) is 0 Å². The van der Waals surface area contributed by atoms with Gasteiger partial charge in [-0.05, 0) is 64.2 Å². The summed E-state index contributed by atoms with van der Waals surface area (Å²) >= 11 is 0. The molecule has 0 aromatic rings. The molecule has 0 fully saturated rings. The lowest BCUT2D eigenvalue weighted by Crippen LogP contribution is -2.29. The third-order valence-corrected chi connectivity index (χ3v) is 9.27. The molecule has 0 amide bonds. The van der Waals surface area contributed by atoms with Gasteiger partial charge in [0.1, 0.15) is 6.61 Å². The van der Waals surface area contributed by atoms with Crippen LogP contribution in [0.5, 0.6) is 0 Å². The van der Waals surface area contributed by atoms with Crippen molar-refractivity contribution < 1.29 is 42.7 Å².